The monoisotopic (exact) mass is 280 g/mol. The summed E-state index contributed by atoms with van der Waals surface area (Å²) in [5.74, 6) is 0. The highest BCUT2D eigenvalue weighted by atomic mass is 35.5. The van der Waals surface area contributed by atoms with E-state index in [1.54, 1.807) is 11.3 Å². The lowest BCUT2D eigenvalue weighted by atomic mass is 9.88. The van der Waals surface area contributed by atoms with Gasteiger partial charge in [0.05, 0.1) is 10.6 Å². The first-order valence-corrected chi connectivity index (χ1v) is 7.37. The van der Waals surface area contributed by atoms with Crippen molar-refractivity contribution in [2.45, 2.75) is 31.8 Å². The van der Waals surface area contributed by atoms with E-state index in [1.165, 1.54) is 0 Å². The van der Waals surface area contributed by atoms with Crippen LogP contribution in [0.25, 0.3) is 0 Å². The Bertz CT molecular complexity index is 494. The maximum Gasteiger partial charge on any atom is 0.0733 e. The summed E-state index contributed by atoms with van der Waals surface area (Å²) in [5.41, 5.74) is 0.449. The second-order valence-electron chi connectivity index (χ2n) is 4.61. The fourth-order valence-electron chi connectivity index (χ4n) is 2.04. The third kappa shape index (κ3) is 3.35. The largest absolute Gasteiger partial charge is 0.389 e. The van der Waals surface area contributed by atoms with Crippen molar-refractivity contribution in [3.05, 3.63) is 57.2 Å². The van der Waals surface area contributed by atoms with Crippen LogP contribution in [0.4, 0.5) is 0 Å². The molecule has 2 rings (SSSR count). The van der Waals surface area contributed by atoms with E-state index in [0.29, 0.717) is 12.8 Å². The molecule has 1 N–H and O–H groups in total. The van der Waals surface area contributed by atoms with Gasteiger partial charge in [-0.1, -0.05) is 48.9 Å². The van der Waals surface area contributed by atoms with Crippen LogP contribution in [0.5, 0.6) is 0 Å². The molecule has 96 valence electrons. The average molecular weight is 281 g/mol. The van der Waals surface area contributed by atoms with Gasteiger partial charge in [-0.2, -0.15) is 0 Å². The molecule has 1 atom stereocenters. The number of rotatable bonds is 5. The van der Waals surface area contributed by atoms with Crippen LogP contribution in [0.1, 0.15) is 23.8 Å². The molecule has 0 amide bonds. The minimum Gasteiger partial charge on any atom is -0.389 e. The summed E-state index contributed by atoms with van der Waals surface area (Å²) in [6, 6.07) is 12.0. The molecule has 1 aromatic carbocycles. The van der Waals surface area contributed by atoms with Gasteiger partial charge in [0.1, 0.15) is 0 Å². The van der Waals surface area contributed by atoms with E-state index < -0.39 is 5.60 Å². The topological polar surface area (TPSA) is 20.2 Å². The van der Waals surface area contributed by atoms with Gasteiger partial charge in [-0.05, 0) is 23.4 Å². The van der Waals surface area contributed by atoms with E-state index in [0.717, 1.165) is 21.9 Å². The molecule has 0 spiro atoms. The van der Waals surface area contributed by atoms with Gasteiger partial charge >= 0.3 is 0 Å². The van der Waals surface area contributed by atoms with Crippen LogP contribution in [0.15, 0.2) is 41.8 Å². The first-order valence-electron chi connectivity index (χ1n) is 6.11. The van der Waals surface area contributed by atoms with Gasteiger partial charge in [0.15, 0.2) is 0 Å². The van der Waals surface area contributed by atoms with E-state index in [4.69, 9.17) is 11.6 Å². The molecule has 0 bridgehead atoms. The minimum atomic E-state index is -0.712. The fraction of sp³-hybridized carbons (Fsp3) is 0.333. The molecule has 1 heterocycles. The summed E-state index contributed by atoms with van der Waals surface area (Å²) < 4.78 is 0. The second kappa shape index (κ2) is 5.87. The Morgan fingerprint density at radius 1 is 1.17 bits per heavy atom. The highest BCUT2D eigenvalue weighted by Gasteiger charge is 2.27. The Morgan fingerprint density at radius 3 is 2.44 bits per heavy atom. The molecular formula is C15H17ClOS. The highest BCUT2D eigenvalue weighted by Crippen LogP contribution is 2.29. The van der Waals surface area contributed by atoms with E-state index in [2.05, 4.69) is 12.1 Å². The zero-order chi connectivity index (χ0) is 13.0. The Balaban J connectivity index is 2.13. The van der Waals surface area contributed by atoms with Crippen molar-refractivity contribution in [3.63, 3.8) is 0 Å². The molecule has 0 aliphatic rings. The zero-order valence-electron chi connectivity index (χ0n) is 10.4. The van der Waals surface area contributed by atoms with E-state index in [-0.39, 0.29) is 0 Å². The van der Waals surface area contributed by atoms with Gasteiger partial charge in [0.25, 0.3) is 0 Å². The van der Waals surface area contributed by atoms with Crippen LogP contribution < -0.4 is 0 Å². The van der Waals surface area contributed by atoms with E-state index in [1.807, 2.05) is 36.6 Å². The third-order valence-corrected chi connectivity index (χ3v) is 4.60. The molecule has 1 nitrogen and oxygen atoms in total. The van der Waals surface area contributed by atoms with Crippen molar-refractivity contribution in [1.82, 2.24) is 0 Å². The van der Waals surface area contributed by atoms with Crippen LogP contribution >= 0.6 is 22.9 Å². The Hall–Kier alpha value is -0.830. The Labute approximate surface area is 117 Å². The standard InChI is InChI=1S/C15H17ClOS/c1-2-15(17,10-12-6-4-3-5-7-12)11-14-13(16)8-9-18-14/h3-9,17H,2,10-11H2,1H3. The first kappa shape index (κ1) is 13.6. The molecule has 0 saturated carbocycles. The van der Waals surface area contributed by atoms with Gasteiger partial charge in [-0.15, -0.1) is 11.3 Å². The SMILES string of the molecule is CCC(O)(Cc1ccccc1)Cc1sccc1Cl. The van der Waals surface area contributed by atoms with Gasteiger partial charge in [0.2, 0.25) is 0 Å². The molecule has 0 aliphatic carbocycles. The number of thiophene rings is 1. The summed E-state index contributed by atoms with van der Waals surface area (Å²) in [5, 5.41) is 13.5. The average Bonchev–Trinajstić information content (AvgIpc) is 2.76. The lowest BCUT2D eigenvalue weighted by Gasteiger charge is -2.26. The van der Waals surface area contributed by atoms with Gasteiger partial charge in [0, 0.05) is 17.7 Å². The van der Waals surface area contributed by atoms with Crippen molar-refractivity contribution >= 4 is 22.9 Å². The normalized spacial score (nSPS) is 14.4. The third-order valence-electron chi connectivity index (χ3n) is 3.21. The van der Waals surface area contributed by atoms with Crippen LogP contribution in [-0.4, -0.2) is 10.7 Å². The Kier molecular flexibility index (Phi) is 4.44. The summed E-state index contributed by atoms with van der Waals surface area (Å²) in [6.07, 6.45) is 2.00. The maximum absolute atomic E-state index is 10.7. The first-order chi connectivity index (χ1) is 8.63. The van der Waals surface area contributed by atoms with Crippen molar-refractivity contribution in [2.75, 3.05) is 0 Å². The van der Waals surface area contributed by atoms with Crippen molar-refractivity contribution in [2.24, 2.45) is 0 Å². The molecule has 0 radical (unpaired) electrons. The fourth-order valence-corrected chi connectivity index (χ4v) is 3.28. The minimum absolute atomic E-state index is 0.620. The van der Waals surface area contributed by atoms with Crippen LogP contribution in [0, 0.1) is 0 Å². The van der Waals surface area contributed by atoms with Gasteiger partial charge < -0.3 is 5.11 Å². The molecule has 3 heteroatoms. The Morgan fingerprint density at radius 2 is 1.89 bits per heavy atom. The molecule has 1 aromatic heterocycles. The second-order valence-corrected chi connectivity index (χ2v) is 6.02. The number of hydrogen-bond acceptors (Lipinski definition) is 2. The smallest absolute Gasteiger partial charge is 0.0733 e. The zero-order valence-corrected chi connectivity index (χ0v) is 12.0. The van der Waals surface area contributed by atoms with Crippen molar-refractivity contribution < 1.29 is 5.11 Å². The molecule has 0 aliphatic heterocycles. The predicted octanol–water partition coefficient (Wildman–Crippen LogP) is 4.33. The lowest BCUT2D eigenvalue weighted by Crippen LogP contribution is -2.33. The van der Waals surface area contributed by atoms with Crippen LogP contribution in [-0.2, 0) is 12.8 Å². The summed E-state index contributed by atoms with van der Waals surface area (Å²) in [7, 11) is 0. The van der Waals surface area contributed by atoms with Gasteiger partial charge in [-0.25, -0.2) is 0 Å². The number of benzene rings is 1. The maximum atomic E-state index is 10.7. The van der Waals surface area contributed by atoms with Gasteiger partial charge in [-0.3, -0.25) is 0 Å². The molecule has 0 fully saturated rings. The number of halogens is 1. The molecule has 1 unspecified atom stereocenters. The predicted molar refractivity (Wildman–Crippen MR) is 78.4 cm³/mol. The van der Waals surface area contributed by atoms with Crippen LogP contribution in [0.2, 0.25) is 5.02 Å². The molecule has 2 aromatic rings. The van der Waals surface area contributed by atoms with E-state index >= 15 is 0 Å². The van der Waals surface area contributed by atoms with Crippen molar-refractivity contribution in [3.8, 4) is 0 Å². The number of hydrogen-bond donors (Lipinski definition) is 1. The summed E-state index contributed by atoms with van der Waals surface area (Å²) in [6.45, 7) is 2.02. The summed E-state index contributed by atoms with van der Waals surface area (Å²) >= 11 is 7.72. The lowest BCUT2D eigenvalue weighted by molar-refractivity contribution is 0.0376. The van der Waals surface area contributed by atoms with E-state index in [9.17, 15) is 5.11 Å². The number of aliphatic hydroxyl groups is 1. The molecular weight excluding hydrogens is 264 g/mol. The highest BCUT2D eigenvalue weighted by molar-refractivity contribution is 7.10. The van der Waals surface area contributed by atoms with Crippen molar-refractivity contribution in [1.29, 1.82) is 0 Å². The molecule has 18 heavy (non-hydrogen) atoms. The quantitative estimate of drug-likeness (QED) is 0.864. The van der Waals surface area contributed by atoms with Crippen LogP contribution in [0.3, 0.4) is 0 Å². The summed E-state index contributed by atoms with van der Waals surface area (Å²) in [4.78, 5) is 1.07. The molecule has 0 saturated heterocycles.